The number of thiazole rings is 1. The van der Waals surface area contributed by atoms with E-state index < -0.39 is 5.97 Å². The molecule has 0 aliphatic heterocycles. The number of pyridine rings is 1. The third-order valence-corrected chi connectivity index (χ3v) is 4.37. The molecule has 0 saturated heterocycles. The highest BCUT2D eigenvalue weighted by Crippen LogP contribution is 2.30. The Bertz CT molecular complexity index is 611. The van der Waals surface area contributed by atoms with E-state index in [1.807, 2.05) is 37.9 Å². The maximum absolute atomic E-state index is 11.3. The van der Waals surface area contributed by atoms with Gasteiger partial charge in [0, 0.05) is 26.0 Å². The van der Waals surface area contributed by atoms with Gasteiger partial charge < -0.3 is 10.0 Å². The van der Waals surface area contributed by atoms with E-state index in [0.717, 1.165) is 18.1 Å². The Morgan fingerprint density at radius 2 is 2.05 bits per heavy atom. The number of aromatic carboxylic acids is 1. The van der Waals surface area contributed by atoms with Crippen LogP contribution in [-0.4, -0.2) is 34.6 Å². The molecule has 0 fully saturated rings. The van der Waals surface area contributed by atoms with Crippen LogP contribution in [0.1, 0.15) is 40.7 Å². The number of carboxylic acid groups (broad SMARTS) is 1. The molecule has 0 unspecified atom stereocenters. The molecule has 5 nitrogen and oxygen atoms in total. The van der Waals surface area contributed by atoms with Crippen molar-refractivity contribution in [2.45, 2.75) is 26.2 Å². The first kappa shape index (κ1) is 15.4. The van der Waals surface area contributed by atoms with Crippen molar-refractivity contribution in [1.82, 2.24) is 9.97 Å². The van der Waals surface area contributed by atoms with E-state index in [0.29, 0.717) is 10.6 Å². The Morgan fingerprint density at radius 3 is 2.57 bits per heavy atom. The highest BCUT2D eigenvalue weighted by atomic mass is 32.1. The molecule has 0 bridgehead atoms. The summed E-state index contributed by atoms with van der Waals surface area (Å²) in [6, 6.07) is 3.97. The van der Waals surface area contributed by atoms with Gasteiger partial charge in [-0.2, -0.15) is 0 Å². The molecule has 0 spiro atoms. The summed E-state index contributed by atoms with van der Waals surface area (Å²) in [5.41, 5.74) is 1.87. The lowest BCUT2D eigenvalue weighted by Crippen LogP contribution is -2.20. The van der Waals surface area contributed by atoms with E-state index in [2.05, 4.69) is 9.97 Å². The van der Waals surface area contributed by atoms with Gasteiger partial charge in [-0.25, -0.2) is 9.78 Å². The van der Waals surface area contributed by atoms with Gasteiger partial charge in [0.2, 0.25) is 0 Å². The van der Waals surface area contributed by atoms with Gasteiger partial charge in [0.1, 0.15) is 4.88 Å². The van der Waals surface area contributed by atoms with Crippen molar-refractivity contribution in [1.29, 1.82) is 0 Å². The minimum atomic E-state index is -0.898. The molecule has 2 aromatic rings. The summed E-state index contributed by atoms with van der Waals surface area (Å²) < 4.78 is 0. The zero-order valence-electron chi connectivity index (χ0n) is 12.4. The number of anilines is 1. The standard InChI is InChI=1S/C15H19N3O2S/c1-10(2)12-13(14(19)20)21-15(17-12)18(3)9-6-11-4-7-16-8-5-11/h4-5,7-8,10H,6,9H2,1-3H3,(H,19,20). The minimum absolute atomic E-state index is 0.106. The SMILES string of the molecule is CC(C)c1nc(N(C)CCc2ccncc2)sc1C(=O)O. The molecule has 0 aliphatic rings. The first-order chi connectivity index (χ1) is 9.99. The summed E-state index contributed by atoms with van der Waals surface area (Å²) in [6.45, 7) is 4.71. The largest absolute Gasteiger partial charge is 0.477 e. The van der Waals surface area contributed by atoms with E-state index in [1.54, 1.807) is 12.4 Å². The number of likely N-dealkylation sites (N-methyl/N-ethyl adjacent to an activating group) is 1. The lowest BCUT2D eigenvalue weighted by Gasteiger charge is -2.15. The molecule has 0 amide bonds. The maximum atomic E-state index is 11.3. The van der Waals surface area contributed by atoms with Crippen LogP contribution in [0, 0.1) is 0 Å². The van der Waals surface area contributed by atoms with Crippen molar-refractivity contribution in [3.8, 4) is 0 Å². The average Bonchev–Trinajstić information content (AvgIpc) is 2.91. The summed E-state index contributed by atoms with van der Waals surface area (Å²) >= 11 is 1.24. The fraction of sp³-hybridized carbons (Fsp3) is 0.400. The van der Waals surface area contributed by atoms with E-state index in [1.165, 1.54) is 16.9 Å². The lowest BCUT2D eigenvalue weighted by atomic mass is 10.1. The van der Waals surface area contributed by atoms with Gasteiger partial charge in [-0.3, -0.25) is 4.98 Å². The van der Waals surface area contributed by atoms with Crippen LogP contribution in [0.25, 0.3) is 0 Å². The molecule has 2 rings (SSSR count). The quantitative estimate of drug-likeness (QED) is 0.888. The molecular formula is C15H19N3O2S. The van der Waals surface area contributed by atoms with Crippen molar-refractivity contribution in [3.05, 3.63) is 40.7 Å². The molecule has 2 aromatic heterocycles. The van der Waals surface area contributed by atoms with E-state index in [4.69, 9.17) is 0 Å². The van der Waals surface area contributed by atoms with Gasteiger partial charge >= 0.3 is 5.97 Å². The first-order valence-electron chi connectivity index (χ1n) is 6.83. The summed E-state index contributed by atoms with van der Waals surface area (Å²) in [5.74, 6) is -0.792. The maximum Gasteiger partial charge on any atom is 0.347 e. The number of carboxylic acids is 1. The van der Waals surface area contributed by atoms with Gasteiger partial charge in [0.25, 0.3) is 0 Å². The summed E-state index contributed by atoms with van der Waals surface area (Å²) in [7, 11) is 1.94. The van der Waals surface area contributed by atoms with Crippen molar-refractivity contribution in [2.75, 3.05) is 18.5 Å². The predicted molar refractivity (Wildman–Crippen MR) is 84.4 cm³/mol. The Kier molecular flexibility index (Phi) is 4.90. The second kappa shape index (κ2) is 6.67. The van der Waals surface area contributed by atoms with Crippen LogP contribution in [0.2, 0.25) is 0 Å². The molecule has 112 valence electrons. The van der Waals surface area contributed by atoms with Crippen molar-refractivity contribution < 1.29 is 9.90 Å². The number of carbonyl (C=O) groups is 1. The molecule has 1 N–H and O–H groups in total. The van der Waals surface area contributed by atoms with Gasteiger partial charge in [-0.1, -0.05) is 25.2 Å². The van der Waals surface area contributed by atoms with Crippen LogP contribution in [0.15, 0.2) is 24.5 Å². The van der Waals surface area contributed by atoms with Gasteiger partial charge in [0.15, 0.2) is 5.13 Å². The fourth-order valence-corrected chi connectivity index (χ4v) is 3.02. The molecule has 6 heteroatoms. The molecule has 0 atom stereocenters. The van der Waals surface area contributed by atoms with Crippen molar-refractivity contribution >= 4 is 22.4 Å². The smallest absolute Gasteiger partial charge is 0.347 e. The fourth-order valence-electron chi connectivity index (χ4n) is 1.97. The van der Waals surface area contributed by atoms with E-state index in [-0.39, 0.29) is 5.92 Å². The summed E-state index contributed by atoms with van der Waals surface area (Å²) in [4.78, 5) is 22.1. The molecule has 0 saturated carbocycles. The van der Waals surface area contributed by atoms with Gasteiger partial charge in [-0.05, 0) is 30.0 Å². The lowest BCUT2D eigenvalue weighted by molar-refractivity contribution is 0.0700. The van der Waals surface area contributed by atoms with Gasteiger partial charge in [0.05, 0.1) is 5.69 Å². The molecule has 2 heterocycles. The summed E-state index contributed by atoms with van der Waals surface area (Å²) in [5, 5.41) is 10.0. The second-order valence-electron chi connectivity index (χ2n) is 5.20. The molecular weight excluding hydrogens is 286 g/mol. The van der Waals surface area contributed by atoms with E-state index in [9.17, 15) is 9.90 Å². The Morgan fingerprint density at radius 1 is 1.38 bits per heavy atom. The van der Waals surface area contributed by atoms with E-state index >= 15 is 0 Å². The Balaban J connectivity index is 2.10. The number of nitrogens with zero attached hydrogens (tertiary/aromatic N) is 3. The normalized spacial score (nSPS) is 10.9. The Labute approximate surface area is 128 Å². The predicted octanol–water partition coefficient (Wildman–Crippen LogP) is 3.04. The van der Waals surface area contributed by atoms with Crippen LogP contribution >= 0.6 is 11.3 Å². The third kappa shape index (κ3) is 3.78. The van der Waals surface area contributed by atoms with Crippen LogP contribution in [0.5, 0.6) is 0 Å². The molecule has 0 radical (unpaired) electrons. The minimum Gasteiger partial charge on any atom is -0.477 e. The molecule has 21 heavy (non-hydrogen) atoms. The highest BCUT2D eigenvalue weighted by molar-refractivity contribution is 7.17. The summed E-state index contributed by atoms with van der Waals surface area (Å²) in [6.07, 6.45) is 4.42. The van der Waals surface area contributed by atoms with Crippen molar-refractivity contribution in [3.63, 3.8) is 0 Å². The molecule has 0 aromatic carbocycles. The third-order valence-electron chi connectivity index (χ3n) is 3.19. The highest BCUT2D eigenvalue weighted by Gasteiger charge is 2.21. The monoisotopic (exact) mass is 305 g/mol. The topological polar surface area (TPSA) is 66.3 Å². The zero-order chi connectivity index (χ0) is 15.4. The van der Waals surface area contributed by atoms with Crippen LogP contribution in [0.4, 0.5) is 5.13 Å². The molecule has 0 aliphatic carbocycles. The zero-order valence-corrected chi connectivity index (χ0v) is 13.2. The number of aromatic nitrogens is 2. The number of rotatable bonds is 6. The Hall–Kier alpha value is -1.95. The number of hydrogen-bond donors (Lipinski definition) is 1. The average molecular weight is 305 g/mol. The van der Waals surface area contributed by atoms with Gasteiger partial charge in [-0.15, -0.1) is 0 Å². The van der Waals surface area contributed by atoms with Crippen molar-refractivity contribution in [2.24, 2.45) is 0 Å². The van der Waals surface area contributed by atoms with Crippen LogP contribution < -0.4 is 4.90 Å². The number of hydrogen-bond acceptors (Lipinski definition) is 5. The second-order valence-corrected chi connectivity index (χ2v) is 6.18. The van der Waals surface area contributed by atoms with Crippen LogP contribution in [0.3, 0.4) is 0 Å². The van der Waals surface area contributed by atoms with Crippen LogP contribution in [-0.2, 0) is 6.42 Å². The first-order valence-corrected chi connectivity index (χ1v) is 7.64.